The molecule has 0 spiro atoms. The number of ether oxygens (including phenoxy) is 1. The number of thiocarbonyl (C=S) groups is 1. The van der Waals surface area contributed by atoms with Gasteiger partial charge in [-0.2, -0.15) is 5.10 Å². The molecule has 2 aromatic rings. The van der Waals surface area contributed by atoms with Gasteiger partial charge in [-0.05, 0) is 63.7 Å². The summed E-state index contributed by atoms with van der Waals surface area (Å²) in [5.74, 6) is -0.295. The minimum Gasteiger partial charge on any atom is -0.465 e. The fourth-order valence-corrected chi connectivity index (χ4v) is 5.31. The number of hydrogen-bond donors (Lipinski definition) is 2. The number of aryl methyl sites for hydroxylation is 3. The number of aromatic nitrogens is 2. The lowest BCUT2D eigenvalue weighted by Crippen LogP contribution is -2.30. The minimum atomic E-state index is -0.295. The zero-order valence-corrected chi connectivity index (χ0v) is 19.5. The number of carbonyl (C=O) groups is 1. The van der Waals surface area contributed by atoms with Gasteiger partial charge < -0.3 is 15.4 Å². The van der Waals surface area contributed by atoms with Crippen molar-refractivity contribution in [3.05, 3.63) is 32.4 Å². The van der Waals surface area contributed by atoms with E-state index in [0.717, 1.165) is 65.6 Å². The maximum Gasteiger partial charge on any atom is 0.341 e. The van der Waals surface area contributed by atoms with Gasteiger partial charge in [-0.3, -0.25) is 4.68 Å². The summed E-state index contributed by atoms with van der Waals surface area (Å²) in [5, 5.41) is 12.9. The molecule has 0 saturated carbocycles. The average Bonchev–Trinajstić information content (AvgIpc) is 3.04. The molecule has 29 heavy (non-hydrogen) atoms. The quantitative estimate of drug-likeness (QED) is 0.286. The second-order valence-corrected chi connectivity index (χ2v) is 9.09. The topological polar surface area (TPSA) is 68.2 Å². The normalized spacial score (nSPS) is 13.5. The predicted octanol–water partition coefficient (Wildman–Crippen LogP) is 4.65. The maximum absolute atomic E-state index is 12.4. The molecule has 2 N–H and O–H groups in total. The van der Waals surface area contributed by atoms with Crippen molar-refractivity contribution in [3.8, 4) is 0 Å². The molecule has 0 saturated heterocycles. The van der Waals surface area contributed by atoms with E-state index in [1.54, 1.807) is 11.3 Å². The first-order valence-electron chi connectivity index (χ1n) is 9.89. The molecular weight excluding hydrogens is 428 g/mol. The van der Waals surface area contributed by atoms with Gasteiger partial charge in [-0.15, -0.1) is 11.3 Å². The van der Waals surface area contributed by atoms with E-state index < -0.39 is 0 Å². The summed E-state index contributed by atoms with van der Waals surface area (Å²) in [6.45, 7) is 5.33. The second kappa shape index (κ2) is 9.91. The van der Waals surface area contributed by atoms with E-state index in [-0.39, 0.29) is 5.97 Å². The number of nitrogens with zero attached hydrogens (tertiary/aromatic N) is 2. The van der Waals surface area contributed by atoms with Crippen LogP contribution in [0.3, 0.4) is 0 Å². The van der Waals surface area contributed by atoms with Crippen LogP contribution < -0.4 is 10.6 Å². The first kappa shape index (κ1) is 22.1. The fourth-order valence-electron chi connectivity index (χ4n) is 3.62. The largest absolute Gasteiger partial charge is 0.465 e. The summed E-state index contributed by atoms with van der Waals surface area (Å²) in [6, 6.07) is 0. The summed E-state index contributed by atoms with van der Waals surface area (Å²) in [6.07, 6.45) is 6.25. The van der Waals surface area contributed by atoms with E-state index in [1.807, 2.05) is 18.5 Å². The lowest BCUT2D eigenvalue weighted by molar-refractivity contribution is 0.0601. The van der Waals surface area contributed by atoms with Crippen molar-refractivity contribution in [3.63, 3.8) is 0 Å². The number of esters is 1. The van der Waals surface area contributed by atoms with Gasteiger partial charge in [0.2, 0.25) is 0 Å². The minimum absolute atomic E-state index is 0.295. The molecule has 6 nitrogen and oxygen atoms in total. The average molecular weight is 455 g/mol. The van der Waals surface area contributed by atoms with E-state index in [0.29, 0.717) is 17.2 Å². The molecule has 0 aliphatic heterocycles. The Labute approximate surface area is 186 Å². The van der Waals surface area contributed by atoms with Crippen LogP contribution in [0, 0.1) is 13.8 Å². The van der Waals surface area contributed by atoms with Crippen LogP contribution in [0.1, 0.15) is 57.9 Å². The molecule has 0 radical (unpaired) electrons. The fraction of sp³-hybridized carbons (Fsp3) is 0.550. The Morgan fingerprint density at radius 3 is 2.76 bits per heavy atom. The Bertz CT molecular complexity index is 907. The molecule has 9 heteroatoms. The van der Waals surface area contributed by atoms with Gasteiger partial charge in [-0.25, -0.2) is 4.79 Å². The van der Waals surface area contributed by atoms with Crippen LogP contribution in [0.4, 0.5) is 5.00 Å². The van der Waals surface area contributed by atoms with Gasteiger partial charge in [0, 0.05) is 18.0 Å². The maximum atomic E-state index is 12.4. The molecule has 0 aromatic carbocycles. The van der Waals surface area contributed by atoms with E-state index >= 15 is 0 Å². The van der Waals surface area contributed by atoms with Crippen molar-refractivity contribution in [2.45, 2.75) is 58.9 Å². The summed E-state index contributed by atoms with van der Waals surface area (Å²) >= 11 is 13.3. The highest BCUT2D eigenvalue weighted by Gasteiger charge is 2.25. The molecule has 2 heterocycles. The monoisotopic (exact) mass is 454 g/mol. The van der Waals surface area contributed by atoms with Crippen molar-refractivity contribution in [2.75, 3.05) is 19.0 Å². The van der Waals surface area contributed by atoms with E-state index in [4.69, 9.17) is 28.6 Å². The van der Waals surface area contributed by atoms with Gasteiger partial charge in [0.05, 0.1) is 29.1 Å². The van der Waals surface area contributed by atoms with Crippen LogP contribution in [0.25, 0.3) is 0 Å². The third kappa shape index (κ3) is 5.10. The Balaban J connectivity index is 1.59. The van der Waals surface area contributed by atoms with E-state index in [2.05, 4.69) is 15.7 Å². The van der Waals surface area contributed by atoms with Crippen LogP contribution in [0.5, 0.6) is 0 Å². The Kier molecular flexibility index (Phi) is 7.54. The highest BCUT2D eigenvalue weighted by atomic mass is 35.5. The Hall–Kier alpha value is -1.64. The Morgan fingerprint density at radius 1 is 1.31 bits per heavy atom. The van der Waals surface area contributed by atoms with Gasteiger partial charge in [-0.1, -0.05) is 18.0 Å². The molecule has 0 atom stereocenters. The van der Waals surface area contributed by atoms with Crippen LogP contribution in [-0.4, -0.2) is 34.5 Å². The smallest absolute Gasteiger partial charge is 0.341 e. The highest BCUT2D eigenvalue weighted by Crippen LogP contribution is 2.37. The van der Waals surface area contributed by atoms with E-state index in [9.17, 15) is 4.79 Å². The van der Waals surface area contributed by atoms with Gasteiger partial charge in [0.15, 0.2) is 5.11 Å². The van der Waals surface area contributed by atoms with Crippen molar-refractivity contribution >= 4 is 51.2 Å². The van der Waals surface area contributed by atoms with E-state index in [1.165, 1.54) is 18.4 Å². The molecule has 0 fully saturated rings. The molecule has 1 aliphatic rings. The highest BCUT2D eigenvalue weighted by molar-refractivity contribution is 7.80. The van der Waals surface area contributed by atoms with Crippen LogP contribution in [0.2, 0.25) is 5.02 Å². The number of thiophene rings is 1. The summed E-state index contributed by atoms with van der Waals surface area (Å²) in [4.78, 5) is 13.7. The standard InChI is InChI=1S/C20H27ClN4O2S2/c1-12-17(21)13(2)25(24-12)11-7-10-22-20(28)23-18-16(19(26)27-3)14-8-5-4-6-9-15(14)29-18/h4-11H2,1-3H3,(H2,22,23,28). The number of rotatable bonds is 6. The van der Waals surface area contributed by atoms with Gasteiger partial charge >= 0.3 is 5.97 Å². The summed E-state index contributed by atoms with van der Waals surface area (Å²) in [7, 11) is 1.43. The third-order valence-corrected chi connectivity index (χ3v) is 7.16. The lowest BCUT2D eigenvalue weighted by Gasteiger charge is -2.11. The number of methoxy groups -OCH3 is 1. The molecule has 0 unspecified atom stereocenters. The number of hydrogen-bond acceptors (Lipinski definition) is 5. The second-order valence-electron chi connectivity index (χ2n) is 7.20. The number of anilines is 1. The zero-order chi connectivity index (χ0) is 21.0. The van der Waals surface area contributed by atoms with Crippen LogP contribution in [0.15, 0.2) is 0 Å². The summed E-state index contributed by atoms with van der Waals surface area (Å²) < 4.78 is 6.96. The number of halogens is 1. The molecular formula is C20H27ClN4O2S2. The van der Waals surface area contributed by atoms with Crippen molar-refractivity contribution < 1.29 is 9.53 Å². The zero-order valence-electron chi connectivity index (χ0n) is 17.1. The molecule has 1 aliphatic carbocycles. The van der Waals surface area contributed by atoms with Crippen molar-refractivity contribution in [1.29, 1.82) is 0 Å². The predicted molar refractivity (Wildman–Crippen MR) is 122 cm³/mol. The Morgan fingerprint density at radius 2 is 2.07 bits per heavy atom. The molecule has 2 aromatic heterocycles. The van der Waals surface area contributed by atoms with Gasteiger partial charge in [0.25, 0.3) is 0 Å². The molecule has 0 amide bonds. The van der Waals surface area contributed by atoms with Crippen LogP contribution >= 0.6 is 35.2 Å². The lowest BCUT2D eigenvalue weighted by atomic mass is 10.1. The number of nitrogens with one attached hydrogen (secondary N) is 2. The first-order chi connectivity index (χ1) is 13.9. The van der Waals surface area contributed by atoms with Crippen molar-refractivity contribution in [1.82, 2.24) is 15.1 Å². The van der Waals surface area contributed by atoms with Crippen LogP contribution in [-0.2, 0) is 24.1 Å². The molecule has 158 valence electrons. The first-order valence-corrected chi connectivity index (χ1v) is 11.5. The SMILES string of the molecule is COC(=O)c1c(NC(=S)NCCCn2nc(C)c(Cl)c2C)sc2c1CCCCC2. The number of fused-ring (bicyclic) bond motifs is 1. The number of carbonyl (C=O) groups excluding carboxylic acids is 1. The third-order valence-electron chi connectivity index (χ3n) is 5.16. The molecule has 0 bridgehead atoms. The molecule has 3 rings (SSSR count). The van der Waals surface area contributed by atoms with Gasteiger partial charge in [0.1, 0.15) is 5.00 Å². The van der Waals surface area contributed by atoms with Crippen molar-refractivity contribution in [2.24, 2.45) is 0 Å². The summed E-state index contributed by atoms with van der Waals surface area (Å²) in [5.41, 5.74) is 3.61.